The molecule has 22 heavy (non-hydrogen) atoms. The molecule has 116 valence electrons. The van der Waals surface area contributed by atoms with Gasteiger partial charge in [-0.05, 0) is 38.5 Å². The van der Waals surface area contributed by atoms with Crippen molar-refractivity contribution >= 4 is 17.6 Å². The zero-order chi connectivity index (χ0) is 16.2. The van der Waals surface area contributed by atoms with E-state index in [1.165, 1.54) is 0 Å². The maximum atomic E-state index is 12.2. The van der Waals surface area contributed by atoms with Crippen molar-refractivity contribution in [1.29, 1.82) is 0 Å². The Balaban J connectivity index is 1.95. The highest BCUT2D eigenvalue weighted by Gasteiger charge is 2.36. The van der Waals surface area contributed by atoms with Crippen molar-refractivity contribution in [2.75, 3.05) is 5.32 Å². The summed E-state index contributed by atoms with van der Waals surface area (Å²) in [5, 5.41) is 8.98. The van der Waals surface area contributed by atoms with Crippen LogP contribution in [0.3, 0.4) is 0 Å². The molecule has 0 spiro atoms. The molecule has 2 rings (SSSR count). The Morgan fingerprint density at radius 2 is 1.91 bits per heavy atom. The highest BCUT2D eigenvalue weighted by Crippen LogP contribution is 2.19. The molecular formula is C15H18N4O3. The molecule has 0 saturated heterocycles. The normalized spacial score (nSPS) is 11.0. The largest absolute Gasteiger partial charge is 0.360 e. The summed E-state index contributed by atoms with van der Waals surface area (Å²) >= 11 is 0. The van der Waals surface area contributed by atoms with Crippen LogP contribution in [0.1, 0.15) is 25.2 Å². The number of nitrogens with zero attached hydrogens (tertiary/aromatic N) is 2. The average Bonchev–Trinajstić information content (AvgIpc) is 2.90. The number of anilines is 1. The van der Waals surface area contributed by atoms with Crippen molar-refractivity contribution in [3.05, 3.63) is 41.9 Å². The van der Waals surface area contributed by atoms with Gasteiger partial charge >= 0.3 is 0 Å². The third-order valence-corrected chi connectivity index (χ3v) is 3.21. The summed E-state index contributed by atoms with van der Waals surface area (Å²) in [7, 11) is 0. The van der Waals surface area contributed by atoms with Crippen LogP contribution < -0.4 is 10.6 Å². The number of aromatic nitrogens is 2. The summed E-state index contributed by atoms with van der Waals surface area (Å²) in [6, 6.07) is 5.18. The summed E-state index contributed by atoms with van der Waals surface area (Å²) in [4.78, 5) is 28.4. The van der Waals surface area contributed by atoms with Gasteiger partial charge in [0.25, 0.3) is 0 Å². The lowest BCUT2D eigenvalue weighted by molar-refractivity contribution is -0.138. The molecule has 0 saturated carbocycles. The number of amides is 2. The van der Waals surface area contributed by atoms with E-state index in [1.807, 2.05) is 0 Å². The van der Waals surface area contributed by atoms with E-state index >= 15 is 0 Å². The number of hydrogen-bond acceptors (Lipinski definition) is 5. The topological polar surface area (TPSA) is 97.1 Å². The van der Waals surface area contributed by atoms with Crippen LogP contribution in [0.5, 0.6) is 0 Å². The lowest BCUT2D eigenvalue weighted by Crippen LogP contribution is -2.44. The average molecular weight is 302 g/mol. The number of hydrogen-bond donors (Lipinski definition) is 2. The van der Waals surface area contributed by atoms with Gasteiger partial charge in [0.05, 0.1) is 0 Å². The van der Waals surface area contributed by atoms with Gasteiger partial charge in [-0.2, -0.15) is 0 Å². The lowest BCUT2D eigenvalue weighted by atomic mass is 9.91. The van der Waals surface area contributed by atoms with Crippen LogP contribution in [-0.4, -0.2) is 22.0 Å². The minimum Gasteiger partial charge on any atom is -0.360 e. The van der Waals surface area contributed by atoms with Gasteiger partial charge in [-0.15, -0.1) is 0 Å². The fourth-order valence-corrected chi connectivity index (χ4v) is 1.70. The monoisotopic (exact) mass is 302 g/mol. The fourth-order valence-electron chi connectivity index (χ4n) is 1.70. The number of pyridine rings is 1. The van der Waals surface area contributed by atoms with Crippen LogP contribution in [0, 0.1) is 12.3 Å². The predicted molar refractivity (Wildman–Crippen MR) is 79.7 cm³/mol. The lowest BCUT2D eigenvalue weighted by Gasteiger charge is -2.22. The number of nitrogens with one attached hydrogen (secondary N) is 2. The number of carbonyl (C=O) groups is 2. The third kappa shape index (κ3) is 3.69. The SMILES string of the molecule is Cc1cc(NC(=O)C(C)(C)C(=O)NCc2ccncc2)no1. The van der Waals surface area contributed by atoms with Gasteiger partial charge in [0.1, 0.15) is 11.2 Å². The Hall–Kier alpha value is -2.70. The predicted octanol–water partition coefficient (Wildman–Crippen LogP) is 1.66. The number of rotatable bonds is 5. The Kier molecular flexibility index (Phi) is 4.55. The molecule has 0 atom stereocenters. The maximum absolute atomic E-state index is 12.2. The van der Waals surface area contributed by atoms with Crippen LogP contribution in [0.4, 0.5) is 5.82 Å². The van der Waals surface area contributed by atoms with Gasteiger partial charge in [-0.3, -0.25) is 14.6 Å². The summed E-state index contributed by atoms with van der Waals surface area (Å²) in [6.07, 6.45) is 3.29. The highest BCUT2D eigenvalue weighted by molar-refractivity contribution is 6.09. The maximum Gasteiger partial charge on any atom is 0.240 e. The second-order valence-electron chi connectivity index (χ2n) is 5.44. The van der Waals surface area contributed by atoms with E-state index in [-0.39, 0.29) is 11.7 Å². The first-order valence-corrected chi connectivity index (χ1v) is 6.81. The molecule has 2 amide bonds. The van der Waals surface area contributed by atoms with Gasteiger partial charge in [0.2, 0.25) is 11.8 Å². The van der Waals surface area contributed by atoms with Crippen LogP contribution >= 0.6 is 0 Å². The molecule has 0 radical (unpaired) electrons. The van der Waals surface area contributed by atoms with E-state index in [4.69, 9.17) is 4.52 Å². The second kappa shape index (κ2) is 6.38. The van der Waals surface area contributed by atoms with Crippen LogP contribution in [0.2, 0.25) is 0 Å². The Labute approximate surface area is 128 Å². The van der Waals surface area contributed by atoms with Crippen LogP contribution in [0.25, 0.3) is 0 Å². The molecule has 0 fully saturated rings. The van der Waals surface area contributed by atoms with E-state index in [0.29, 0.717) is 12.3 Å². The molecule has 0 aromatic carbocycles. The van der Waals surface area contributed by atoms with Crippen molar-refractivity contribution in [2.45, 2.75) is 27.3 Å². The minimum atomic E-state index is -1.24. The molecule has 0 aliphatic carbocycles. The standard InChI is InChI=1S/C15H18N4O3/c1-10-8-12(19-22-10)18-14(21)15(2,3)13(20)17-9-11-4-6-16-7-5-11/h4-8H,9H2,1-3H3,(H,17,20)(H,18,19,21). The van der Waals surface area contributed by atoms with Crippen molar-refractivity contribution in [1.82, 2.24) is 15.5 Å². The first-order chi connectivity index (χ1) is 10.4. The molecule has 2 heterocycles. The van der Waals surface area contributed by atoms with Crippen LogP contribution in [-0.2, 0) is 16.1 Å². The number of aryl methyl sites for hydroxylation is 1. The summed E-state index contributed by atoms with van der Waals surface area (Å²) < 4.78 is 4.87. The van der Waals surface area contributed by atoms with Crippen molar-refractivity contribution in [3.8, 4) is 0 Å². The van der Waals surface area contributed by atoms with Crippen molar-refractivity contribution in [3.63, 3.8) is 0 Å². The fraction of sp³-hybridized carbons (Fsp3) is 0.333. The molecular weight excluding hydrogens is 284 g/mol. The summed E-state index contributed by atoms with van der Waals surface area (Å²) in [6.45, 7) is 5.16. The zero-order valence-corrected chi connectivity index (χ0v) is 12.7. The third-order valence-electron chi connectivity index (χ3n) is 3.21. The van der Waals surface area contributed by atoms with E-state index in [0.717, 1.165) is 5.56 Å². The first kappa shape index (κ1) is 15.7. The smallest absolute Gasteiger partial charge is 0.240 e. The van der Waals surface area contributed by atoms with E-state index in [2.05, 4.69) is 20.8 Å². The molecule has 0 aliphatic rings. The van der Waals surface area contributed by atoms with Gasteiger partial charge in [-0.1, -0.05) is 5.16 Å². The van der Waals surface area contributed by atoms with Gasteiger partial charge in [0, 0.05) is 25.0 Å². The molecule has 2 aromatic heterocycles. The van der Waals surface area contributed by atoms with Crippen molar-refractivity contribution in [2.24, 2.45) is 5.41 Å². The van der Waals surface area contributed by atoms with Crippen LogP contribution in [0.15, 0.2) is 35.1 Å². The number of carbonyl (C=O) groups excluding carboxylic acids is 2. The molecule has 7 heteroatoms. The Morgan fingerprint density at radius 3 is 2.50 bits per heavy atom. The summed E-state index contributed by atoms with van der Waals surface area (Å²) in [5.74, 6) is 0.0443. The summed E-state index contributed by atoms with van der Waals surface area (Å²) in [5.41, 5.74) is -0.327. The van der Waals surface area contributed by atoms with Crippen molar-refractivity contribution < 1.29 is 14.1 Å². The van der Waals surface area contributed by atoms with E-state index in [9.17, 15) is 9.59 Å². The molecule has 7 nitrogen and oxygen atoms in total. The first-order valence-electron chi connectivity index (χ1n) is 6.81. The van der Waals surface area contributed by atoms with Gasteiger partial charge in [-0.25, -0.2) is 0 Å². The molecule has 0 aliphatic heterocycles. The molecule has 2 N–H and O–H groups in total. The quantitative estimate of drug-likeness (QED) is 0.819. The Morgan fingerprint density at radius 1 is 1.23 bits per heavy atom. The highest BCUT2D eigenvalue weighted by atomic mass is 16.5. The van der Waals surface area contributed by atoms with Gasteiger partial charge in [0.15, 0.2) is 5.82 Å². The Bertz CT molecular complexity index is 664. The molecule has 0 bridgehead atoms. The van der Waals surface area contributed by atoms with Gasteiger partial charge < -0.3 is 15.2 Å². The zero-order valence-electron chi connectivity index (χ0n) is 12.7. The van der Waals surface area contributed by atoms with E-state index in [1.54, 1.807) is 51.4 Å². The van der Waals surface area contributed by atoms with E-state index < -0.39 is 11.3 Å². The molecule has 2 aromatic rings. The molecule has 0 unspecified atom stereocenters. The minimum absolute atomic E-state index is 0.289. The second-order valence-corrected chi connectivity index (χ2v) is 5.44.